The number of piperazine rings is 1. The van der Waals surface area contributed by atoms with Gasteiger partial charge in [0.1, 0.15) is 5.82 Å². The van der Waals surface area contributed by atoms with E-state index < -0.39 is 0 Å². The lowest BCUT2D eigenvalue weighted by atomic mass is 10.1. The van der Waals surface area contributed by atoms with Crippen molar-refractivity contribution in [2.24, 2.45) is 0 Å². The van der Waals surface area contributed by atoms with Gasteiger partial charge in [-0.1, -0.05) is 17.7 Å². The molecule has 7 heteroatoms. The van der Waals surface area contributed by atoms with Crippen LogP contribution in [0.2, 0.25) is 0 Å². The summed E-state index contributed by atoms with van der Waals surface area (Å²) in [4.78, 5) is 16.5. The fraction of sp³-hybridized carbons (Fsp3) is 0.286. The van der Waals surface area contributed by atoms with E-state index >= 15 is 0 Å². The zero-order valence-corrected chi connectivity index (χ0v) is 15.6. The summed E-state index contributed by atoms with van der Waals surface area (Å²) in [7, 11) is 0. The van der Waals surface area contributed by atoms with E-state index in [1.165, 1.54) is 29.8 Å². The highest BCUT2D eigenvalue weighted by molar-refractivity contribution is 5.94. The van der Waals surface area contributed by atoms with E-state index in [1.54, 1.807) is 4.90 Å². The van der Waals surface area contributed by atoms with Crippen molar-refractivity contribution in [2.45, 2.75) is 13.5 Å². The second kappa shape index (κ2) is 7.90. The highest BCUT2D eigenvalue weighted by Crippen LogP contribution is 2.19. The van der Waals surface area contributed by atoms with Crippen LogP contribution < -0.4 is 0 Å². The van der Waals surface area contributed by atoms with Crippen LogP contribution in [-0.4, -0.2) is 52.1 Å². The number of aryl methyl sites for hydroxylation is 1. The number of aromatic nitrogens is 2. The quantitative estimate of drug-likeness (QED) is 0.696. The van der Waals surface area contributed by atoms with Gasteiger partial charge in [-0.3, -0.25) is 9.69 Å². The second-order valence-corrected chi connectivity index (χ2v) is 6.94. The number of halogens is 1. The van der Waals surface area contributed by atoms with Crippen molar-refractivity contribution in [3.8, 4) is 11.5 Å². The van der Waals surface area contributed by atoms with Gasteiger partial charge in [0, 0.05) is 37.3 Å². The normalized spacial score (nSPS) is 15.0. The van der Waals surface area contributed by atoms with Gasteiger partial charge in [0.2, 0.25) is 11.8 Å². The van der Waals surface area contributed by atoms with Crippen LogP contribution >= 0.6 is 0 Å². The van der Waals surface area contributed by atoms with Crippen LogP contribution in [0.5, 0.6) is 0 Å². The second-order valence-electron chi connectivity index (χ2n) is 6.94. The number of rotatable bonds is 4. The minimum absolute atomic E-state index is 0.0703. The van der Waals surface area contributed by atoms with Gasteiger partial charge in [0.25, 0.3) is 5.91 Å². The summed E-state index contributed by atoms with van der Waals surface area (Å²) in [6, 6.07) is 13.6. The number of benzene rings is 2. The summed E-state index contributed by atoms with van der Waals surface area (Å²) in [6.07, 6.45) is 0. The Bertz CT molecular complexity index is 945. The van der Waals surface area contributed by atoms with Crippen molar-refractivity contribution in [1.82, 2.24) is 20.0 Å². The highest BCUT2D eigenvalue weighted by Gasteiger charge is 2.23. The molecule has 0 atom stereocenters. The summed E-state index contributed by atoms with van der Waals surface area (Å²) in [5.41, 5.74) is 2.59. The fourth-order valence-electron chi connectivity index (χ4n) is 3.21. The van der Waals surface area contributed by atoms with E-state index in [0.29, 0.717) is 37.0 Å². The summed E-state index contributed by atoms with van der Waals surface area (Å²) in [5.74, 6) is 0.666. The maximum Gasteiger partial charge on any atom is 0.253 e. The zero-order chi connectivity index (χ0) is 19.5. The molecule has 3 aromatic rings. The summed E-state index contributed by atoms with van der Waals surface area (Å²) in [6.45, 7) is 5.23. The molecule has 1 saturated heterocycles. The van der Waals surface area contributed by atoms with Gasteiger partial charge in [-0.05, 0) is 43.3 Å². The SMILES string of the molecule is Cc1ccc(-c2nnc(CN3CCN(C(=O)c4ccc(F)cc4)CC3)o2)cc1. The number of hydrogen-bond donors (Lipinski definition) is 0. The van der Waals surface area contributed by atoms with Crippen molar-refractivity contribution < 1.29 is 13.6 Å². The highest BCUT2D eigenvalue weighted by atomic mass is 19.1. The molecule has 0 bridgehead atoms. The van der Waals surface area contributed by atoms with Crippen LogP contribution in [0.25, 0.3) is 11.5 Å². The van der Waals surface area contributed by atoms with Gasteiger partial charge in [-0.15, -0.1) is 10.2 Å². The molecule has 0 saturated carbocycles. The first kappa shape index (κ1) is 18.3. The Hall–Kier alpha value is -3.06. The average molecular weight is 380 g/mol. The van der Waals surface area contributed by atoms with Gasteiger partial charge < -0.3 is 9.32 Å². The number of nitrogens with zero attached hydrogens (tertiary/aromatic N) is 4. The van der Waals surface area contributed by atoms with E-state index in [2.05, 4.69) is 15.1 Å². The Morgan fingerprint density at radius 3 is 2.36 bits per heavy atom. The van der Waals surface area contributed by atoms with E-state index in [4.69, 9.17) is 4.42 Å². The molecule has 28 heavy (non-hydrogen) atoms. The first-order valence-electron chi connectivity index (χ1n) is 9.25. The lowest BCUT2D eigenvalue weighted by Crippen LogP contribution is -2.48. The molecule has 0 N–H and O–H groups in total. The molecule has 0 radical (unpaired) electrons. The summed E-state index contributed by atoms with van der Waals surface area (Å²) < 4.78 is 18.8. The zero-order valence-electron chi connectivity index (χ0n) is 15.6. The molecule has 1 fully saturated rings. The Kier molecular flexibility index (Phi) is 5.16. The molecule has 1 aromatic heterocycles. The Balaban J connectivity index is 1.33. The molecular weight excluding hydrogens is 359 g/mol. The van der Waals surface area contributed by atoms with Crippen LogP contribution in [0, 0.1) is 12.7 Å². The van der Waals surface area contributed by atoms with Crippen LogP contribution in [0.3, 0.4) is 0 Å². The molecule has 1 amide bonds. The van der Waals surface area contributed by atoms with E-state index in [9.17, 15) is 9.18 Å². The number of amides is 1. The predicted octanol–water partition coefficient (Wildman–Crippen LogP) is 3.14. The van der Waals surface area contributed by atoms with Crippen LogP contribution in [0.4, 0.5) is 4.39 Å². The molecule has 6 nitrogen and oxygen atoms in total. The fourth-order valence-corrected chi connectivity index (χ4v) is 3.21. The van der Waals surface area contributed by atoms with E-state index in [1.807, 2.05) is 31.2 Å². The van der Waals surface area contributed by atoms with Gasteiger partial charge in [0.15, 0.2) is 0 Å². The van der Waals surface area contributed by atoms with Crippen molar-refractivity contribution in [1.29, 1.82) is 0 Å². The van der Waals surface area contributed by atoms with E-state index in [0.717, 1.165) is 18.7 Å². The Morgan fingerprint density at radius 1 is 1.00 bits per heavy atom. The minimum atomic E-state index is -0.342. The topological polar surface area (TPSA) is 62.5 Å². The van der Waals surface area contributed by atoms with Crippen LogP contribution in [0.15, 0.2) is 52.9 Å². The largest absolute Gasteiger partial charge is 0.419 e. The number of hydrogen-bond acceptors (Lipinski definition) is 5. The van der Waals surface area contributed by atoms with Crippen molar-refractivity contribution in [2.75, 3.05) is 26.2 Å². The third-order valence-electron chi connectivity index (χ3n) is 4.87. The number of carbonyl (C=O) groups is 1. The third kappa shape index (κ3) is 4.09. The molecule has 144 valence electrons. The Morgan fingerprint density at radius 2 is 1.68 bits per heavy atom. The van der Waals surface area contributed by atoms with Gasteiger partial charge in [0.05, 0.1) is 6.54 Å². The molecular formula is C21H21FN4O2. The molecule has 4 rings (SSSR count). The number of carbonyl (C=O) groups excluding carboxylic acids is 1. The van der Waals surface area contributed by atoms with Crippen LogP contribution in [-0.2, 0) is 6.54 Å². The van der Waals surface area contributed by atoms with Crippen LogP contribution in [0.1, 0.15) is 21.8 Å². The van der Waals surface area contributed by atoms with Gasteiger partial charge in [-0.2, -0.15) is 0 Å². The first-order valence-corrected chi connectivity index (χ1v) is 9.25. The third-order valence-corrected chi connectivity index (χ3v) is 4.87. The minimum Gasteiger partial charge on any atom is -0.419 e. The van der Waals surface area contributed by atoms with E-state index in [-0.39, 0.29) is 11.7 Å². The summed E-state index contributed by atoms with van der Waals surface area (Å²) in [5, 5.41) is 8.28. The molecule has 2 heterocycles. The van der Waals surface area contributed by atoms with Crippen molar-refractivity contribution >= 4 is 5.91 Å². The van der Waals surface area contributed by atoms with Crippen molar-refractivity contribution in [3.05, 3.63) is 71.4 Å². The molecule has 0 unspecified atom stereocenters. The van der Waals surface area contributed by atoms with Gasteiger partial charge in [-0.25, -0.2) is 4.39 Å². The lowest BCUT2D eigenvalue weighted by molar-refractivity contribution is 0.0618. The maximum atomic E-state index is 13.0. The maximum absolute atomic E-state index is 13.0. The van der Waals surface area contributed by atoms with Crippen molar-refractivity contribution in [3.63, 3.8) is 0 Å². The molecule has 2 aromatic carbocycles. The average Bonchev–Trinajstić information content (AvgIpc) is 3.18. The monoisotopic (exact) mass is 380 g/mol. The molecule has 1 aliphatic rings. The molecule has 0 aliphatic carbocycles. The lowest BCUT2D eigenvalue weighted by Gasteiger charge is -2.34. The molecule has 1 aliphatic heterocycles. The predicted molar refractivity (Wildman–Crippen MR) is 102 cm³/mol. The summed E-state index contributed by atoms with van der Waals surface area (Å²) >= 11 is 0. The molecule has 0 spiro atoms. The standard InChI is InChI=1S/C21H21FN4O2/c1-15-2-4-16(5-3-15)20-24-23-19(28-20)14-25-10-12-26(13-11-25)21(27)17-6-8-18(22)9-7-17/h2-9H,10-14H2,1H3. The smallest absolute Gasteiger partial charge is 0.253 e. The first-order chi connectivity index (χ1) is 13.6. The Labute approximate surface area is 162 Å². The van der Waals surface area contributed by atoms with Gasteiger partial charge >= 0.3 is 0 Å².